The van der Waals surface area contributed by atoms with Crippen molar-refractivity contribution >= 4 is 42.5 Å². The van der Waals surface area contributed by atoms with E-state index in [1.165, 1.54) is 6.21 Å². The van der Waals surface area contributed by atoms with Crippen LogP contribution in [0.2, 0.25) is 0 Å². The quantitative estimate of drug-likeness (QED) is 0.143. The lowest BCUT2D eigenvalue weighted by Crippen LogP contribution is -2.51. The molecule has 0 fully saturated rings. The number of nitrogens with one attached hydrogen (secondary N) is 4. The van der Waals surface area contributed by atoms with E-state index in [0.717, 1.165) is 5.56 Å². The number of hydrogen-bond acceptors (Lipinski definition) is 7. The van der Waals surface area contributed by atoms with Crippen molar-refractivity contribution in [2.24, 2.45) is 10.8 Å². The number of nitrogens with zero attached hydrogens (tertiary/aromatic N) is 1. The number of hydrogen-bond donors (Lipinski definition) is 6. The zero-order valence-electron chi connectivity index (χ0n) is 16.1. The Morgan fingerprint density at radius 2 is 1.72 bits per heavy atom. The van der Waals surface area contributed by atoms with Gasteiger partial charge in [0.05, 0.1) is 19.1 Å². The van der Waals surface area contributed by atoms with Crippen molar-refractivity contribution in [3.63, 3.8) is 0 Å². The van der Waals surface area contributed by atoms with Crippen LogP contribution < -0.4 is 27.1 Å². The second-order valence-corrected chi connectivity index (χ2v) is 6.32. The summed E-state index contributed by atoms with van der Waals surface area (Å²) in [7, 11) is 0. The summed E-state index contributed by atoms with van der Waals surface area (Å²) in [5, 5.41) is 10.8. The Morgan fingerprint density at radius 3 is 2.34 bits per heavy atom. The summed E-state index contributed by atoms with van der Waals surface area (Å²) >= 11 is 4.00. The SMILES string of the molecule is C/C=N/NC(=O)[C@H](CS)NC(=O)CNC(=O)CNC(=O)[C@@H](N)Cc1ccccc1. The van der Waals surface area contributed by atoms with Crippen LogP contribution in [0.25, 0.3) is 0 Å². The maximum Gasteiger partial charge on any atom is 0.263 e. The monoisotopic (exact) mass is 422 g/mol. The van der Waals surface area contributed by atoms with Gasteiger partial charge in [-0.2, -0.15) is 17.7 Å². The summed E-state index contributed by atoms with van der Waals surface area (Å²) < 4.78 is 0. The molecule has 1 aromatic rings. The van der Waals surface area contributed by atoms with Gasteiger partial charge in [0.1, 0.15) is 6.04 Å². The number of hydrazone groups is 1. The highest BCUT2D eigenvalue weighted by molar-refractivity contribution is 7.80. The summed E-state index contributed by atoms with van der Waals surface area (Å²) in [6.07, 6.45) is 1.72. The van der Waals surface area contributed by atoms with E-state index in [9.17, 15) is 19.2 Å². The first-order chi connectivity index (χ1) is 13.9. The molecule has 0 saturated heterocycles. The predicted molar refractivity (Wildman–Crippen MR) is 112 cm³/mol. The number of rotatable bonds is 11. The van der Waals surface area contributed by atoms with Crippen molar-refractivity contribution in [1.82, 2.24) is 21.4 Å². The fourth-order valence-corrected chi connectivity index (χ4v) is 2.40. The van der Waals surface area contributed by atoms with Gasteiger partial charge >= 0.3 is 0 Å². The minimum absolute atomic E-state index is 0.0557. The first kappa shape index (κ1) is 24.1. The van der Waals surface area contributed by atoms with Crippen LogP contribution >= 0.6 is 12.6 Å². The topological polar surface area (TPSA) is 155 Å². The zero-order valence-corrected chi connectivity index (χ0v) is 16.9. The highest BCUT2D eigenvalue weighted by Crippen LogP contribution is 2.01. The lowest BCUT2D eigenvalue weighted by Gasteiger charge is -2.15. The smallest absolute Gasteiger partial charge is 0.263 e. The maximum absolute atomic E-state index is 12.0. The van der Waals surface area contributed by atoms with Crippen molar-refractivity contribution < 1.29 is 19.2 Å². The van der Waals surface area contributed by atoms with Crippen LogP contribution in [0.1, 0.15) is 12.5 Å². The average molecular weight is 423 g/mol. The first-order valence-corrected chi connectivity index (χ1v) is 9.52. The lowest BCUT2D eigenvalue weighted by atomic mass is 10.1. The molecule has 0 radical (unpaired) electrons. The van der Waals surface area contributed by atoms with Gasteiger partial charge in [-0.25, -0.2) is 5.43 Å². The third-order valence-electron chi connectivity index (χ3n) is 3.64. The molecule has 11 heteroatoms. The lowest BCUT2D eigenvalue weighted by molar-refractivity contribution is -0.130. The van der Waals surface area contributed by atoms with Gasteiger partial charge in [0.2, 0.25) is 17.7 Å². The van der Waals surface area contributed by atoms with Crippen molar-refractivity contribution in [2.45, 2.75) is 25.4 Å². The molecule has 4 amide bonds. The molecule has 0 unspecified atom stereocenters. The minimum Gasteiger partial charge on any atom is -0.346 e. The van der Waals surface area contributed by atoms with Gasteiger partial charge in [-0.3, -0.25) is 19.2 Å². The van der Waals surface area contributed by atoms with Gasteiger partial charge in [0.25, 0.3) is 5.91 Å². The second kappa shape index (κ2) is 13.3. The van der Waals surface area contributed by atoms with Gasteiger partial charge in [-0.1, -0.05) is 30.3 Å². The minimum atomic E-state index is -0.901. The number of thiol groups is 1. The van der Waals surface area contributed by atoms with Crippen molar-refractivity contribution in [2.75, 3.05) is 18.8 Å². The number of amides is 4. The largest absolute Gasteiger partial charge is 0.346 e. The Bertz CT molecular complexity index is 728. The van der Waals surface area contributed by atoms with Gasteiger partial charge in [-0.15, -0.1) is 0 Å². The summed E-state index contributed by atoms with van der Waals surface area (Å²) in [5.74, 6) is -2.10. The zero-order chi connectivity index (χ0) is 21.6. The van der Waals surface area contributed by atoms with E-state index in [1.54, 1.807) is 6.92 Å². The molecule has 0 aromatic heterocycles. The van der Waals surface area contributed by atoms with Gasteiger partial charge in [-0.05, 0) is 18.9 Å². The molecule has 0 saturated carbocycles. The van der Waals surface area contributed by atoms with E-state index in [0.29, 0.717) is 6.42 Å². The summed E-state index contributed by atoms with van der Waals surface area (Å²) in [5.41, 5.74) is 8.97. The maximum atomic E-state index is 12.0. The summed E-state index contributed by atoms with van der Waals surface area (Å²) in [6, 6.07) is 7.56. The van der Waals surface area contributed by atoms with Crippen LogP contribution in [-0.2, 0) is 25.6 Å². The predicted octanol–water partition coefficient (Wildman–Crippen LogP) is -1.67. The van der Waals surface area contributed by atoms with E-state index in [2.05, 4.69) is 39.1 Å². The first-order valence-electron chi connectivity index (χ1n) is 8.89. The van der Waals surface area contributed by atoms with E-state index in [4.69, 9.17) is 5.73 Å². The Morgan fingerprint density at radius 1 is 1.07 bits per heavy atom. The molecule has 0 heterocycles. The van der Waals surface area contributed by atoms with E-state index < -0.39 is 35.7 Å². The molecule has 0 aliphatic heterocycles. The van der Waals surface area contributed by atoms with Gasteiger partial charge in [0.15, 0.2) is 0 Å². The molecule has 0 spiro atoms. The molecule has 0 aliphatic rings. The Kier molecular flexibility index (Phi) is 11.1. The molecular formula is C18H26N6O4S. The van der Waals surface area contributed by atoms with Crippen LogP contribution in [0.3, 0.4) is 0 Å². The van der Waals surface area contributed by atoms with Crippen LogP contribution in [-0.4, -0.2) is 60.8 Å². The van der Waals surface area contributed by atoms with Crippen molar-refractivity contribution in [3.8, 4) is 0 Å². The number of benzene rings is 1. The number of carbonyl (C=O) groups is 4. The fourth-order valence-electron chi connectivity index (χ4n) is 2.15. The highest BCUT2D eigenvalue weighted by atomic mass is 32.1. The van der Waals surface area contributed by atoms with E-state index in [-0.39, 0.29) is 18.8 Å². The molecule has 10 nitrogen and oxygen atoms in total. The van der Waals surface area contributed by atoms with Crippen LogP contribution in [0, 0.1) is 0 Å². The molecule has 1 aromatic carbocycles. The van der Waals surface area contributed by atoms with Crippen molar-refractivity contribution in [1.29, 1.82) is 0 Å². The van der Waals surface area contributed by atoms with Crippen LogP contribution in [0.4, 0.5) is 0 Å². The summed E-state index contributed by atoms with van der Waals surface area (Å²) in [6.45, 7) is 0.938. The number of carbonyl (C=O) groups excluding carboxylic acids is 4. The molecule has 1 rings (SSSR count). The molecule has 0 bridgehead atoms. The van der Waals surface area contributed by atoms with E-state index in [1.807, 2.05) is 30.3 Å². The standard InChI is InChI=1S/C18H26N6O4S/c1-2-22-24-18(28)14(11-29)23-16(26)10-20-15(25)9-21-17(27)13(19)8-12-6-4-3-5-7-12/h2-7,13-14,29H,8-11,19H2,1H3,(H,20,25)(H,21,27)(H,23,26)(H,24,28)/b22-2+/t13-,14-/m0/s1. The Labute approximate surface area is 174 Å². The second-order valence-electron chi connectivity index (χ2n) is 5.96. The Balaban J connectivity index is 2.32. The van der Waals surface area contributed by atoms with Crippen LogP contribution in [0.15, 0.2) is 35.4 Å². The van der Waals surface area contributed by atoms with Crippen LogP contribution in [0.5, 0.6) is 0 Å². The molecular weight excluding hydrogens is 396 g/mol. The molecule has 158 valence electrons. The van der Waals surface area contributed by atoms with E-state index >= 15 is 0 Å². The van der Waals surface area contributed by atoms with Crippen molar-refractivity contribution in [3.05, 3.63) is 35.9 Å². The fraction of sp³-hybridized carbons (Fsp3) is 0.389. The van der Waals surface area contributed by atoms with Gasteiger partial charge in [0, 0.05) is 12.0 Å². The third kappa shape index (κ3) is 9.72. The molecule has 0 aliphatic carbocycles. The highest BCUT2D eigenvalue weighted by Gasteiger charge is 2.19. The third-order valence-corrected chi connectivity index (χ3v) is 4.01. The summed E-state index contributed by atoms with van der Waals surface area (Å²) in [4.78, 5) is 47.4. The Hall–Kier alpha value is -2.92. The molecule has 2 atom stereocenters. The van der Waals surface area contributed by atoms with Gasteiger partial charge < -0.3 is 21.7 Å². The molecule has 6 N–H and O–H groups in total. The number of nitrogens with two attached hydrogens (primary N) is 1. The average Bonchev–Trinajstić information content (AvgIpc) is 2.73. The normalized spacial score (nSPS) is 12.7. The molecule has 29 heavy (non-hydrogen) atoms.